The number of carbonyl (C=O) groups is 1. The molecule has 1 amide bonds. The zero-order valence-corrected chi connectivity index (χ0v) is 12.6. The van der Waals surface area contributed by atoms with Crippen molar-refractivity contribution in [1.82, 2.24) is 5.32 Å². The van der Waals surface area contributed by atoms with Gasteiger partial charge in [0, 0.05) is 25.8 Å². The first-order valence-corrected chi connectivity index (χ1v) is 6.91. The summed E-state index contributed by atoms with van der Waals surface area (Å²) in [5, 5.41) is 3.68. The van der Waals surface area contributed by atoms with E-state index in [9.17, 15) is 4.79 Å². The first-order chi connectivity index (χ1) is 9.60. The number of hydrogen-bond acceptors (Lipinski definition) is 4. The summed E-state index contributed by atoms with van der Waals surface area (Å²) in [6.45, 7) is 3.75. The molecule has 1 aromatic rings. The summed E-state index contributed by atoms with van der Waals surface area (Å²) in [7, 11) is 1.65. The zero-order chi connectivity index (χ0) is 15.0. The van der Waals surface area contributed by atoms with Gasteiger partial charge in [0.15, 0.2) is 6.10 Å². The summed E-state index contributed by atoms with van der Waals surface area (Å²) in [6, 6.07) is 5.46. The Morgan fingerprint density at radius 1 is 1.50 bits per heavy atom. The van der Waals surface area contributed by atoms with Gasteiger partial charge in [-0.3, -0.25) is 4.79 Å². The van der Waals surface area contributed by atoms with E-state index >= 15 is 0 Å². The van der Waals surface area contributed by atoms with Crippen LogP contribution in [-0.4, -0.2) is 32.3 Å². The lowest BCUT2D eigenvalue weighted by Gasteiger charge is -2.18. The fourth-order valence-electron chi connectivity index (χ4n) is 1.71. The highest BCUT2D eigenvalue weighted by molar-refractivity contribution is 6.32. The summed E-state index contributed by atoms with van der Waals surface area (Å²) in [6.07, 6.45) is -0.176. The van der Waals surface area contributed by atoms with Gasteiger partial charge in [-0.05, 0) is 12.5 Å². The Hall–Kier alpha value is -1.30. The third kappa shape index (κ3) is 5.00. The predicted octanol–water partition coefficient (Wildman–Crippen LogP) is 1.72. The van der Waals surface area contributed by atoms with Crippen LogP contribution in [-0.2, 0) is 16.1 Å². The molecular weight excluding hydrogens is 280 g/mol. The highest BCUT2D eigenvalue weighted by Gasteiger charge is 2.18. The van der Waals surface area contributed by atoms with Gasteiger partial charge in [0.05, 0.1) is 11.6 Å². The molecule has 0 heterocycles. The van der Waals surface area contributed by atoms with Crippen molar-refractivity contribution < 1.29 is 14.3 Å². The number of halogens is 1. The van der Waals surface area contributed by atoms with Crippen molar-refractivity contribution in [2.45, 2.75) is 26.0 Å². The number of primary amides is 1. The molecular formula is C14H21ClN2O3. The summed E-state index contributed by atoms with van der Waals surface area (Å²) in [5.41, 5.74) is 6.18. The normalized spacial score (nSPS) is 12.2. The van der Waals surface area contributed by atoms with Gasteiger partial charge >= 0.3 is 0 Å². The molecule has 0 saturated carbocycles. The number of methoxy groups -OCH3 is 1. The fourth-order valence-corrected chi connectivity index (χ4v) is 1.95. The molecule has 0 spiro atoms. The molecule has 5 nitrogen and oxygen atoms in total. The number of rotatable bonds is 9. The molecule has 0 bridgehead atoms. The van der Waals surface area contributed by atoms with Crippen LogP contribution in [0.1, 0.15) is 18.9 Å². The van der Waals surface area contributed by atoms with Crippen molar-refractivity contribution in [3.63, 3.8) is 0 Å². The van der Waals surface area contributed by atoms with Crippen LogP contribution in [0.2, 0.25) is 5.02 Å². The maximum absolute atomic E-state index is 11.3. The van der Waals surface area contributed by atoms with Crippen molar-refractivity contribution in [1.29, 1.82) is 0 Å². The second-order valence-electron chi connectivity index (χ2n) is 4.31. The van der Waals surface area contributed by atoms with E-state index in [0.717, 1.165) is 12.1 Å². The van der Waals surface area contributed by atoms with Crippen LogP contribution < -0.4 is 15.8 Å². The molecule has 1 atom stereocenters. The Kier molecular flexibility index (Phi) is 7.36. The Bertz CT molecular complexity index is 440. The average Bonchev–Trinajstić information content (AvgIpc) is 2.42. The van der Waals surface area contributed by atoms with Crippen molar-refractivity contribution in [2.75, 3.05) is 20.3 Å². The molecule has 1 rings (SSSR count). The molecule has 0 radical (unpaired) electrons. The molecule has 0 aliphatic heterocycles. The summed E-state index contributed by atoms with van der Waals surface area (Å²) in [4.78, 5) is 11.3. The SMILES string of the molecule is CCC(Oc1c(Cl)cccc1CNCCOC)C(N)=O. The summed E-state index contributed by atoms with van der Waals surface area (Å²) >= 11 is 6.15. The minimum atomic E-state index is -0.673. The third-order valence-corrected chi connectivity index (χ3v) is 3.09. The Morgan fingerprint density at radius 2 is 2.25 bits per heavy atom. The van der Waals surface area contributed by atoms with Crippen LogP contribution in [0.5, 0.6) is 5.75 Å². The number of benzene rings is 1. The summed E-state index contributed by atoms with van der Waals surface area (Å²) < 4.78 is 10.6. The smallest absolute Gasteiger partial charge is 0.258 e. The molecule has 112 valence electrons. The van der Waals surface area contributed by atoms with E-state index in [0.29, 0.717) is 30.3 Å². The number of hydrogen-bond donors (Lipinski definition) is 2. The molecule has 0 aliphatic rings. The number of amides is 1. The van der Waals surface area contributed by atoms with Crippen LogP contribution in [0, 0.1) is 0 Å². The molecule has 1 unspecified atom stereocenters. The second-order valence-corrected chi connectivity index (χ2v) is 4.72. The van der Waals surface area contributed by atoms with Crippen LogP contribution in [0.25, 0.3) is 0 Å². The standard InChI is InChI=1S/C14H21ClN2O3/c1-3-12(14(16)18)20-13-10(5-4-6-11(13)15)9-17-7-8-19-2/h4-6,12,17H,3,7-9H2,1-2H3,(H2,16,18). The minimum Gasteiger partial charge on any atom is -0.479 e. The fraction of sp³-hybridized carbons (Fsp3) is 0.500. The second kappa shape index (κ2) is 8.79. The number of carbonyl (C=O) groups excluding carboxylic acids is 1. The van der Waals surface area contributed by atoms with Crippen LogP contribution in [0.4, 0.5) is 0 Å². The van der Waals surface area contributed by atoms with E-state index in [1.54, 1.807) is 13.2 Å². The first kappa shape index (κ1) is 16.8. The van der Waals surface area contributed by atoms with Crippen molar-refractivity contribution >= 4 is 17.5 Å². The number of para-hydroxylation sites is 1. The van der Waals surface area contributed by atoms with E-state index in [1.165, 1.54) is 0 Å². The Balaban J connectivity index is 2.79. The molecule has 1 aromatic carbocycles. The van der Waals surface area contributed by atoms with Crippen LogP contribution >= 0.6 is 11.6 Å². The van der Waals surface area contributed by atoms with Gasteiger partial charge in [-0.25, -0.2) is 0 Å². The molecule has 0 aliphatic carbocycles. The third-order valence-electron chi connectivity index (χ3n) is 2.80. The Labute approximate surface area is 124 Å². The molecule has 3 N–H and O–H groups in total. The van der Waals surface area contributed by atoms with Gasteiger partial charge in [-0.15, -0.1) is 0 Å². The highest BCUT2D eigenvalue weighted by atomic mass is 35.5. The van der Waals surface area contributed by atoms with Gasteiger partial charge < -0.3 is 20.5 Å². The van der Waals surface area contributed by atoms with Gasteiger partial charge in [-0.1, -0.05) is 30.7 Å². The minimum absolute atomic E-state index is 0.468. The monoisotopic (exact) mass is 300 g/mol. The lowest BCUT2D eigenvalue weighted by Crippen LogP contribution is -2.33. The van der Waals surface area contributed by atoms with Crippen LogP contribution in [0.15, 0.2) is 18.2 Å². The molecule has 0 fully saturated rings. The molecule has 6 heteroatoms. The average molecular weight is 301 g/mol. The maximum Gasteiger partial charge on any atom is 0.258 e. The van der Waals surface area contributed by atoms with Gasteiger partial charge in [0.25, 0.3) is 5.91 Å². The quantitative estimate of drug-likeness (QED) is 0.681. The number of nitrogens with one attached hydrogen (secondary N) is 1. The topological polar surface area (TPSA) is 73.6 Å². The molecule has 0 aromatic heterocycles. The number of ether oxygens (including phenoxy) is 2. The van der Waals surface area contributed by atoms with Gasteiger partial charge in [0.1, 0.15) is 5.75 Å². The van der Waals surface area contributed by atoms with Crippen molar-refractivity contribution in [3.05, 3.63) is 28.8 Å². The van der Waals surface area contributed by atoms with Crippen molar-refractivity contribution in [2.24, 2.45) is 5.73 Å². The zero-order valence-electron chi connectivity index (χ0n) is 11.8. The summed E-state index contributed by atoms with van der Waals surface area (Å²) in [5.74, 6) is 0.00967. The van der Waals surface area contributed by atoms with E-state index in [4.69, 9.17) is 26.8 Å². The number of nitrogens with two attached hydrogens (primary N) is 1. The lowest BCUT2D eigenvalue weighted by atomic mass is 10.2. The van der Waals surface area contributed by atoms with Gasteiger partial charge in [-0.2, -0.15) is 0 Å². The first-order valence-electron chi connectivity index (χ1n) is 6.53. The highest BCUT2D eigenvalue weighted by Crippen LogP contribution is 2.30. The predicted molar refractivity (Wildman–Crippen MR) is 78.9 cm³/mol. The van der Waals surface area contributed by atoms with Gasteiger partial charge in [0.2, 0.25) is 0 Å². The molecule has 0 saturated heterocycles. The van der Waals surface area contributed by atoms with Crippen molar-refractivity contribution in [3.8, 4) is 5.75 Å². The van der Waals surface area contributed by atoms with Crippen LogP contribution in [0.3, 0.4) is 0 Å². The van der Waals surface area contributed by atoms with E-state index < -0.39 is 12.0 Å². The largest absolute Gasteiger partial charge is 0.479 e. The maximum atomic E-state index is 11.3. The van der Waals surface area contributed by atoms with E-state index in [2.05, 4.69) is 5.32 Å². The lowest BCUT2D eigenvalue weighted by molar-refractivity contribution is -0.124. The van der Waals surface area contributed by atoms with E-state index in [-0.39, 0.29) is 0 Å². The van der Waals surface area contributed by atoms with E-state index in [1.807, 2.05) is 19.1 Å². The Morgan fingerprint density at radius 3 is 2.85 bits per heavy atom. The molecule has 20 heavy (non-hydrogen) atoms.